The molecular formula is C6H13NOS2. The van der Waals surface area contributed by atoms with Crippen molar-refractivity contribution in [2.45, 2.75) is 18.6 Å². The molecule has 0 unspecified atom stereocenters. The maximum absolute atomic E-state index is 11.1. The zero-order chi connectivity index (χ0) is 8.20. The Bertz CT molecular complexity index is 125. The summed E-state index contributed by atoms with van der Waals surface area (Å²) in [5.41, 5.74) is 0. The number of nitrogens with one attached hydrogen (secondary N) is 1. The van der Waals surface area contributed by atoms with Crippen LogP contribution in [-0.4, -0.2) is 24.0 Å². The monoisotopic (exact) mass is 179 g/mol. The van der Waals surface area contributed by atoms with Crippen LogP contribution in [0.3, 0.4) is 0 Å². The standard InChI is InChI=1S/C6H13NOS2/c1-6(2,10-9-4)5(8)7-3/h1-4H3,(H,7,8). The van der Waals surface area contributed by atoms with E-state index in [0.717, 1.165) is 0 Å². The normalized spacial score (nSPS) is 11.2. The van der Waals surface area contributed by atoms with Crippen LogP contribution in [-0.2, 0) is 4.79 Å². The van der Waals surface area contributed by atoms with E-state index in [-0.39, 0.29) is 10.7 Å². The largest absolute Gasteiger partial charge is 0.358 e. The van der Waals surface area contributed by atoms with Gasteiger partial charge in [-0.05, 0) is 20.1 Å². The topological polar surface area (TPSA) is 29.1 Å². The third kappa shape index (κ3) is 2.84. The molecule has 0 aromatic heterocycles. The summed E-state index contributed by atoms with van der Waals surface area (Å²) in [6.45, 7) is 3.82. The maximum atomic E-state index is 11.1. The fourth-order valence-corrected chi connectivity index (χ4v) is 2.62. The molecule has 0 aromatic carbocycles. The van der Waals surface area contributed by atoms with Gasteiger partial charge in [0.05, 0.1) is 4.75 Å². The van der Waals surface area contributed by atoms with E-state index in [2.05, 4.69) is 5.32 Å². The lowest BCUT2D eigenvalue weighted by molar-refractivity contribution is -0.122. The predicted octanol–water partition coefficient (Wildman–Crippen LogP) is 1.52. The van der Waals surface area contributed by atoms with Crippen LogP contribution in [0, 0.1) is 0 Å². The van der Waals surface area contributed by atoms with Gasteiger partial charge in [-0.2, -0.15) is 0 Å². The van der Waals surface area contributed by atoms with Crippen LogP contribution in [0.5, 0.6) is 0 Å². The van der Waals surface area contributed by atoms with Crippen molar-refractivity contribution >= 4 is 27.5 Å². The summed E-state index contributed by atoms with van der Waals surface area (Å²) in [6, 6.07) is 0. The number of carbonyl (C=O) groups excluding carboxylic acids is 1. The molecule has 0 aliphatic rings. The smallest absolute Gasteiger partial charge is 0.236 e. The summed E-state index contributed by atoms with van der Waals surface area (Å²) in [5, 5.41) is 2.62. The van der Waals surface area contributed by atoms with Gasteiger partial charge in [0, 0.05) is 7.05 Å². The van der Waals surface area contributed by atoms with E-state index >= 15 is 0 Å². The fraction of sp³-hybridized carbons (Fsp3) is 0.833. The van der Waals surface area contributed by atoms with Crippen molar-refractivity contribution in [2.75, 3.05) is 13.3 Å². The van der Waals surface area contributed by atoms with Crippen molar-refractivity contribution in [1.29, 1.82) is 0 Å². The predicted molar refractivity (Wildman–Crippen MR) is 49.3 cm³/mol. The fourth-order valence-electron chi connectivity index (χ4n) is 0.547. The minimum absolute atomic E-state index is 0.0758. The van der Waals surface area contributed by atoms with E-state index in [0.29, 0.717) is 0 Å². The first-order valence-corrected chi connectivity index (χ1v) is 5.54. The van der Waals surface area contributed by atoms with E-state index < -0.39 is 0 Å². The van der Waals surface area contributed by atoms with Gasteiger partial charge < -0.3 is 5.32 Å². The number of amides is 1. The highest BCUT2D eigenvalue weighted by atomic mass is 33.1. The van der Waals surface area contributed by atoms with Crippen molar-refractivity contribution in [3.63, 3.8) is 0 Å². The maximum Gasteiger partial charge on any atom is 0.236 e. The molecule has 0 heterocycles. The third-order valence-corrected chi connectivity index (χ3v) is 3.58. The molecule has 0 aromatic rings. The summed E-state index contributed by atoms with van der Waals surface area (Å²) in [4.78, 5) is 11.1. The van der Waals surface area contributed by atoms with Gasteiger partial charge in [0.25, 0.3) is 0 Å². The summed E-state index contributed by atoms with van der Waals surface area (Å²) in [7, 11) is 4.84. The Hall–Kier alpha value is 0.170. The highest BCUT2D eigenvalue weighted by Gasteiger charge is 2.26. The van der Waals surface area contributed by atoms with Crippen LogP contribution in [0.4, 0.5) is 0 Å². The third-order valence-electron chi connectivity index (χ3n) is 1.07. The van der Waals surface area contributed by atoms with Gasteiger partial charge in [-0.25, -0.2) is 0 Å². The number of carbonyl (C=O) groups is 1. The highest BCUT2D eigenvalue weighted by Crippen LogP contribution is 2.33. The van der Waals surface area contributed by atoms with E-state index in [9.17, 15) is 4.79 Å². The molecule has 60 valence electrons. The zero-order valence-electron chi connectivity index (χ0n) is 6.72. The Kier molecular flexibility index (Phi) is 4.20. The molecule has 10 heavy (non-hydrogen) atoms. The number of rotatable bonds is 3. The molecule has 0 rings (SSSR count). The van der Waals surface area contributed by atoms with Crippen molar-refractivity contribution < 1.29 is 4.79 Å². The second-order valence-electron chi connectivity index (χ2n) is 2.34. The van der Waals surface area contributed by atoms with Gasteiger partial charge >= 0.3 is 0 Å². The van der Waals surface area contributed by atoms with Crippen LogP contribution in [0.2, 0.25) is 0 Å². The van der Waals surface area contributed by atoms with Crippen LogP contribution in [0.15, 0.2) is 0 Å². The minimum atomic E-state index is -0.311. The van der Waals surface area contributed by atoms with Crippen LogP contribution >= 0.6 is 21.6 Å². The second kappa shape index (κ2) is 4.13. The van der Waals surface area contributed by atoms with Gasteiger partial charge in [-0.1, -0.05) is 21.6 Å². The molecule has 0 aliphatic carbocycles. The van der Waals surface area contributed by atoms with Gasteiger partial charge in [0.2, 0.25) is 5.91 Å². The van der Waals surface area contributed by atoms with Crippen LogP contribution < -0.4 is 5.32 Å². The molecule has 1 N–H and O–H groups in total. The molecule has 1 amide bonds. The number of hydrogen-bond acceptors (Lipinski definition) is 3. The second-order valence-corrected chi connectivity index (χ2v) is 5.36. The summed E-state index contributed by atoms with van der Waals surface area (Å²) < 4.78 is -0.311. The van der Waals surface area contributed by atoms with Crippen LogP contribution in [0.1, 0.15) is 13.8 Å². The van der Waals surface area contributed by atoms with Crippen molar-refractivity contribution in [3.05, 3.63) is 0 Å². The molecule has 0 saturated heterocycles. The molecule has 0 radical (unpaired) electrons. The van der Waals surface area contributed by atoms with E-state index in [4.69, 9.17) is 0 Å². The molecule has 0 bridgehead atoms. The van der Waals surface area contributed by atoms with E-state index in [1.165, 1.54) is 0 Å². The molecule has 0 fully saturated rings. The lowest BCUT2D eigenvalue weighted by atomic mass is 10.2. The lowest BCUT2D eigenvalue weighted by Crippen LogP contribution is -2.36. The molecule has 2 nitrogen and oxygen atoms in total. The first-order chi connectivity index (χ1) is 4.54. The summed E-state index contributed by atoms with van der Waals surface area (Å²) >= 11 is 0. The van der Waals surface area contributed by atoms with Crippen molar-refractivity contribution in [3.8, 4) is 0 Å². The SMILES string of the molecule is CNC(=O)C(C)(C)SSC. The average molecular weight is 179 g/mol. The zero-order valence-corrected chi connectivity index (χ0v) is 8.36. The van der Waals surface area contributed by atoms with E-state index in [1.807, 2.05) is 20.1 Å². The Morgan fingerprint density at radius 2 is 2.00 bits per heavy atom. The van der Waals surface area contributed by atoms with E-state index in [1.54, 1.807) is 28.6 Å². The molecular weight excluding hydrogens is 166 g/mol. The Morgan fingerprint density at radius 3 is 2.30 bits per heavy atom. The first kappa shape index (κ1) is 10.2. The Balaban J connectivity index is 3.96. The molecule has 0 atom stereocenters. The lowest BCUT2D eigenvalue weighted by Gasteiger charge is -2.19. The summed E-state index contributed by atoms with van der Waals surface area (Å²) in [5.74, 6) is 0.0758. The minimum Gasteiger partial charge on any atom is -0.358 e. The molecule has 0 saturated carbocycles. The number of hydrogen-bond donors (Lipinski definition) is 1. The van der Waals surface area contributed by atoms with Crippen LogP contribution in [0.25, 0.3) is 0 Å². The van der Waals surface area contributed by atoms with Gasteiger partial charge in [-0.15, -0.1) is 0 Å². The first-order valence-electron chi connectivity index (χ1n) is 2.98. The van der Waals surface area contributed by atoms with Gasteiger partial charge in [0.1, 0.15) is 0 Å². The molecule has 0 aliphatic heterocycles. The molecule has 4 heteroatoms. The van der Waals surface area contributed by atoms with Gasteiger partial charge in [-0.3, -0.25) is 4.79 Å². The van der Waals surface area contributed by atoms with Crippen molar-refractivity contribution in [1.82, 2.24) is 5.32 Å². The average Bonchev–Trinajstić information content (AvgIpc) is 1.86. The Labute approximate surface area is 69.9 Å². The summed E-state index contributed by atoms with van der Waals surface area (Å²) in [6.07, 6.45) is 1.97. The highest BCUT2D eigenvalue weighted by molar-refractivity contribution is 8.77. The molecule has 0 spiro atoms. The quantitative estimate of drug-likeness (QED) is 0.666. The Morgan fingerprint density at radius 1 is 1.50 bits per heavy atom. The van der Waals surface area contributed by atoms with Gasteiger partial charge in [0.15, 0.2) is 0 Å². The van der Waals surface area contributed by atoms with Crippen molar-refractivity contribution in [2.24, 2.45) is 0 Å².